The lowest BCUT2D eigenvalue weighted by Gasteiger charge is -2.08. The van der Waals surface area contributed by atoms with Gasteiger partial charge in [0.15, 0.2) is 0 Å². The van der Waals surface area contributed by atoms with Crippen LogP contribution in [0.1, 0.15) is 24.2 Å². The number of rotatable bonds is 4. The molecule has 5 heteroatoms. The predicted molar refractivity (Wildman–Crippen MR) is 92.1 cm³/mol. The fraction of sp³-hybridized carbons (Fsp3) is 0.211. The average Bonchev–Trinajstić information content (AvgIpc) is 3.03. The number of carbonyl (C=O) groups is 2. The van der Waals surface area contributed by atoms with Crippen molar-refractivity contribution in [2.75, 3.05) is 6.61 Å². The van der Waals surface area contributed by atoms with Crippen molar-refractivity contribution >= 4 is 23.4 Å². The Morgan fingerprint density at radius 3 is 2.75 bits per heavy atom. The van der Waals surface area contributed by atoms with E-state index in [0.717, 1.165) is 17.4 Å². The highest BCUT2D eigenvalue weighted by molar-refractivity contribution is 5.89. The number of nitrogens with zero attached hydrogens (tertiary/aromatic N) is 2. The Morgan fingerprint density at radius 2 is 2.00 bits per heavy atom. The van der Waals surface area contributed by atoms with Crippen molar-refractivity contribution in [1.29, 1.82) is 0 Å². The van der Waals surface area contributed by atoms with E-state index in [0.29, 0.717) is 23.2 Å². The first-order valence-electron chi connectivity index (χ1n) is 7.78. The zero-order chi connectivity index (χ0) is 17.1. The van der Waals surface area contributed by atoms with E-state index in [2.05, 4.69) is 4.98 Å². The lowest BCUT2D eigenvalue weighted by Crippen LogP contribution is -2.15. The normalized spacial score (nSPS) is 11.0. The smallest absolute Gasteiger partial charge is 0.419 e. The molecular formula is C19H18N2O3. The van der Waals surface area contributed by atoms with Crippen molar-refractivity contribution in [3.63, 3.8) is 0 Å². The third kappa shape index (κ3) is 3.20. The Morgan fingerprint density at radius 1 is 1.21 bits per heavy atom. The fourth-order valence-corrected chi connectivity index (χ4v) is 2.44. The van der Waals surface area contributed by atoms with E-state index in [1.165, 1.54) is 10.9 Å². The molecule has 0 aliphatic rings. The maximum absolute atomic E-state index is 12.1. The number of aldehydes is 1. The second-order valence-electron chi connectivity index (χ2n) is 6.03. The molecule has 0 aliphatic carbocycles. The van der Waals surface area contributed by atoms with Gasteiger partial charge in [-0.25, -0.2) is 14.3 Å². The van der Waals surface area contributed by atoms with Crippen molar-refractivity contribution in [2.24, 2.45) is 5.92 Å². The second kappa shape index (κ2) is 6.66. The van der Waals surface area contributed by atoms with Gasteiger partial charge in [0.05, 0.1) is 17.6 Å². The number of ether oxygens (including phenoxy) is 1. The van der Waals surface area contributed by atoms with Crippen LogP contribution in [0.25, 0.3) is 22.2 Å². The van der Waals surface area contributed by atoms with Crippen LogP contribution in [0.5, 0.6) is 0 Å². The first-order chi connectivity index (χ1) is 11.6. The second-order valence-corrected chi connectivity index (χ2v) is 6.03. The zero-order valence-electron chi connectivity index (χ0n) is 13.6. The molecule has 0 spiro atoms. The predicted octanol–water partition coefficient (Wildman–Crippen LogP) is 4.16. The van der Waals surface area contributed by atoms with Crippen LogP contribution in [0.3, 0.4) is 0 Å². The van der Waals surface area contributed by atoms with Gasteiger partial charge in [0.2, 0.25) is 0 Å². The highest BCUT2D eigenvalue weighted by Gasteiger charge is 2.12. The molecule has 3 rings (SSSR count). The molecule has 2 aromatic carbocycles. The van der Waals surface area contributed by atoms with Gasteiger partial charge in [0.1, 0.15) is 12.6 Å². The van der Waals surface area contributed by atoms with Crippen LogP contribution in [0.15, 0.2) is 48.8 Å². The van der Waals surface area contributed by atoms with Gasteiger partial charge in [-0.15, -0.1) is 0 Å². The number of aromatic nitrogens is 2. The van der Waals surface area contributed by atoms with Crippen LogP contribution in [0.4, 0.5) is 4.79 Å². The lowest BCUT2D eigenvalue weighted by atomic mass is 10.0. The lowest BCUT2D eigenvalue weighted by molar-refractivity contribution is 0.112. The molecule has 0 saturated heterocycles. The summed E-state index contributed by atoms with van der Waals surface area (Å²) in [6, 6.07) is 13.0. The minimum Gasteiger partial charge on any atom is -0.449 e. The Kier molecular flexibility index (Phi) is 4.42. The van der Waals surface area contributed by atoms with Gasteiger partial charge in [-0.2, -0.15) is 0 Å². The van der Waals surface area contributed by atoms with Crippen LogP contribution in [-0.4, -0.2) is 28.5 Å². The molecule has 0 aliphatic heterocycles. The highest BCUT2D eigenvalue weighted by Crippen LogP contribution is 2.24. The third-order valence-electron chi connectivity index (χ3n) is 3.64. The summed E-state index contributed by atoms with van der Waals surface area (Å²) in [4.78, 5) is 27.3. The van der Waals surface area contributed by atoms with E-state index in [4.69, 9.17) is 4.74 Å². The van der Waals surface area contributed by atoms with Crippen molar-refractivity contribution in [3.05, 3.63) is 54.4 Å². The number of benzene rings is 2. The molecule has 0 bridgehead atoms. The maximum atomic E-state index is 12.1. The number of hydrogen-bond donors (Lipinski definition) is 0. The minimum atomic E-state index is -0.429. The van der Waals surface area contributed by atoms with Crippen LogP contribution < -0.4 is 0 Å². The molecule has 3 aromatic rings. The average molecular weight is 322 g/mol. The summed E-state index contributed by atoms with van der Waals surface area (Å²) in [5.74, 6) is 0.278. The summed E-state index contributed by atoms with van der Waals surface area (Å²) in [5.41, 5.74) is 3.88. The Hall–Kier alpha value is -2.95. The Bertz CT molecular complexity index is 897. The van der Waals surface area contributed by atoms with Gasteiger partial charge in [-0.05, 0) is 35.2 Å². The van der Waals surface area contributed by atoms with Crippen LogP contribution in [-0.2, 0) is 4.74 Å². The number of hydrogen-bond acceptors (Lipinski definition) is 4. The van der Waals surface area contributed by atoms with Gasteiger partial charge in [-0.1, -0.05) is 38.1 Å². The first-order valence-corrected chi connectivity index (χ1v) is 7.78. The van der Waals surface area contributed by atoms with E-state index in [-0.39, 0.29) is 5.92 Å². The van der Waals surface area contributed by atoms with Crippen molar-refractivity contribution in [2.45, 2.75) is 13.8 Å². The molecule has 1 aromatic heterocycles. The SMILES string of the molecule is CC(C)COC(=O)n1cnc2cc(-c3cccc(C=O)c3)ccc21. The van der Waals surface area contributed by atoms with Crippen LogP contribution >= 0.6 is 0 Å². The molecule has 0 radical (unpaired) electrons. The molecule has 0 unspecified atom stereocenters. The van der Waals surface area contributed by atoms with E-state index in [1.54, 1.807) is 6.07 Å². The molecule has 0 atom stereocenters. The zero-order valence-corrected chi connectivity index (χ0v) is 13.6. The first kappa shape index (κ1) is 15.9. The number of fused-ring (bicyclic) bond motifs is 1. The molecule has 1 heterocycles. The Labute approximate surface area is 139 Å². The van der Waals surface area contributed by atoms with Gasteiger partial charge >= 0.3 is 6.09 Å². The summed E-state index contributed by atoms with van der Waals surface area (Å²) in [5, 5.41) is 0. The van der Waals surface area contributed by atoms with Gasteiger partial charge in [0, 0.05) is 5.56 Å². The number of carbonyl (C=O) groups excluding carboxylic acids is 2. The van der Waals surface area contributed by atoms with Gasteiger partial charge in [0.25, 0.3) is 0 Å². The summed E-state index contributed by atoms with van der Waals surface area (Å²) in [6.07, 6.45) is 1.86. The van der Waals surface area contributed by atoms with E-state index < -0.39 is 6.09 Å². The molecule has 0 fully saturated rings. The largest absolute Gasteiger partial charge is 0.449 e. The summed E-state index contributed by atoms with van der Waals surface area (Å²) in [7, 11) is 0. The molecule has 24 heavy (non-hydrogen) atoms. The molecule has 5 nitrogen and oxygen atoms in total. The summed E-state index contributed by atoms with van der Waals surface area (Å²) >= 11 is 0. The Balaban J connectivity index is 1.93. The molecular weight excluding hydrogens is 304 g/mol. The van der Waals surface area contributed by atoms with E-state index in [1.807, 2.05) is 50.2 Å². The maximum Gasteiger partial charge on any atom is 0.419 e. The third-order valence-corrected chi connectivity index (χ3v) is 3.64. The monoisotopic (exact) mass is 322 g/mol. The van der Waals surface area contributed by atoms with Gasteiger partial charge < -0.3 is 4.74 Å². The highest BCUT2D eigenvalue weighted by atomic mass is 16.5. The minimum absolute atomic E-state index is 0.278. The standard InChI is InChI=1S/C19H18N2O3/c1-13(2)11-24-19(23)21-12-20-17-9-16(6-7-18(17)21)15-5-3-4-14(8-15)10-22/h3-10,12-13H,11H2,1-2H3. The molecule has 0 saturated carbocycles. The van der Waals surface area contributed by atoms with Crippen molar-refractivity contribution < 1.29 is 14.3 Å². The van der Waals surface area contributed by atoms with E-state index in [9.17, 15) is 9.59 Å². The van der Waals surface area contributed by atoms with Crippen molar-refractivity contribution in [1.82, 2.24) is 9.55 Å². The summed E-state index contributed by atoms with van der Waals surface area (Å²) < 4.78 is 6.65. The molecule has 122 valence electrons. The molecule has 0 N–H and O–H groups in total. The van der Waals surface area contributed by atoms with Crippen LogP contribution in [0.2, 0.25) is 0 Å². The van der Waals surface area contributed by atoms with Crippen LogP contribution in [0, 0.1) is 5.92 Å². The topological polar surface area (TPSA) is 61.2 Å². The quantitative estimate of drug-likeness (QED) is 0.677. The van der Waals surface area contributed by atoms with E-state index >= 15 is 0 Å². The fourth-order valence-electron chi connectivity index (χ4n) is 2.44. The molecule has 0 amide bonds. The number of imidazole rings is 1. The van der Waals surface area contributed by atoms with Gasteiger partial charge in [-0.3, -0.25) is 4.79 Å². The van der Waals surface area contributed by atoms with Crippen molar-refractivity contribution in [3.8, 4) is 11.1 Å². The summed E-state index contributed by atoms with van der Waals surface area (Å²) in [6.45, 7) is 4.34.